The van der Waals surface area contributed by atoms with E-state index in [1.165, 1.54) is 4.90 Å². The first-order valence-electron chi connectivity index (χ1n) is 6.89. The quantitative estimate of drug-likeness (QED) is 0.626. The average Bonchev–Trinajstić information content (AvgIpc) is 2.92. The number of benzene rings is 1. The van der Waals surface area contributed by atoms with Crippen LogP contribution in [0.1, 0.15) is 26.2 Å². The van der Waals surface area contributed by atoms with E-state index in [0.29, 0.717) is 17.8 Å². The third-order valence-electron chi connectivity index (χ3n) is 2.92. The van der Waals surface area contributed by atoms with Gasteiger partial charge in [-0.1, -0.05) is 13.8 Å². The highest BCUT2D eigenvalue weighted by Gasteiger charge is 2.08. The van der Waals surface area contributed by atoms with Gasteiger partial charge in [-0.25, -0.2) is 0 Å². The van der Waals surface area contributed by atoms with E-state index in [-0.39, 0.29) is 0 Å². The molecule has 0 fully saturated rings. The van der Waals surface area contributed by atoms with Gasteiger partial charge in [0.05, 0.1) is 0 Å². The smallest absolute Gasteiger partial charge is 0.247 e. The number of rotatable bonds is 7. The first kappa shape index (κ1) is 15.1. The maximum Gasteiger partial charge on any atom is 0.247 e. The average molecular weight is 291 g/mol. The van der Waals surface area contributed by atoms with Crippen LogP contribution in [0.3, 0.4) is 0 Å². The zero-order valence-electron chi connectivity index (χ0n) is 12.2. The molecule has 0 saturated heterocycles. The van der Waals surface area contributed by atoms with Gasteiger partial charge in [0, 0.05) is 22.9 Å². The molecule has 2 aromatic rings. The van der Waals surface area contributed by atoms with Gasteiger partial charge < -0.3 is 9.73 Å². The van der Waals surface area contributed by atoms with Crippen molar-refractivity contribution in [2.75, 3.05) is 12.8 Å². The second kappa shape index (κ2) is 7.45. The normalized spacial score (nSPS) is 11.2. The van der Waals surface area contributed by atoms with Crippen LogP contribution < -0.4 is 5.32 Å². The van der Waals surface area contributed by atoms with Gasteiger partial charge in [0.2, 0.25) is 11.8 Å². The topological polar surface area (TPSA) is 51.0 Å². The van der Waals surface area contributed by atoms with Crippen LogP contribution in [0.4, 0.5) is 0 Å². The third-order valence-corrected chi connectivity index (χ3v) is 3.67. The molecule has 2 rings (SSSR count). The molecule has 1 heterocycles. The number of nitrogens with one attached hydrogen (secondary N) is 1. The van der Waals surface area contributed by atoms with Crippen LogP contribution in [-0.2, 0) is 6.42 Å². The van der Waals surface area contributed by atoms with Gasteiger partial charge in [-0.3, -0.25) is 0 Å². The standard InChI is InChI=1S/C15H21N3OS/c1-11(2)16-10-4-5-14-17-18-15(19-14)12-6-8-13(20-3)9-7-12/h6-9,11,16H,4-5,10H2,1-3H3. The molecule has 0 aliphatic heterocycles. The van der Waals surface area contributed by atoms with Gasteiger partial charge in [0.25, 0.3) is 0 Å². The van der Waals surface area contributed by atoms with Gasteiger partial charge in [-0.15, -0.1) is 22.0 Å². The number of hydrogen-bond acceptors (Lipinski definition) is 5. The summed E-state index contributed by atoms with van der Waals surface area (Å²) in [5.74, 6) is 1.31. The van der Waals surface area contributed by atoms with Crippen molar-refractivity contribution in [2.45, 2.75) is 37.6 Å². The lowest BCUT2D eigenvalue weighted by molar-refractivity contribution is 0.484. The second-order valence-corrected chi connectivity index (χ2v) is 5.82. The fourth-order valence-corrected chi connectivity index (χ4v) is 2.24. The molecule has 0 atom stereocenters. The first-order valence-corrected chi connectivity index (χ1v) is 8.11. The highest BCUT2D eigenvalue weighted by molar-refractivity contribution is 7.98. The predicted octanol–water partition coefficient (Wildman–Crippen LogP) is 3.39. The molecular formula is C15H21N3OS. The van der Waals surface area contributed by atoms with Crippen LogP contribution in [0.2, 0.25) is 0 Å². The summed E-state index contributed by atoms with van der Waals surface area (Å²) in [5, 5.41) is 11.6. The summed E-state index contributed by atoms with van der Waals surface area (Å²) in [6.07, 6.45) is 3.88. The second-order valence-electron chi connectivity index (χ2n) is 4.94. The molecule has 0 saturated carbocycles. The minimum Gasteiger partial charge on any atom is -0.421 e. The number of aryl methyl sites for hydroxylation is 1. The Morgan fingerprint density at radius 1 is 1.20 bits per heavy atom. The largest absolute Gasteiger partial charge is 0.421 e. The molecule has 0 radical (unpaired) electrons. The van der Waals surface area contributed by atoms with Gasteiger partial charge in [-0.05, 0) is 43.5 Å². The van der Waals surface area contributed by atoms with Crippen molar-refractivity contribution in [1.82, 2.24) is 15.5 Å². The lowest BCUT2D eigenvalue weighted by Gasteiger charge is -2.05. The van der Waals surface area contributed by atoms with Crippen LogP contribution in [0.5, 0.6) is 0 Å². The van der Waals surface area contributed by atoms with Crippen molar-refractivity contribution < 1.29 is 4.42 Å². The predicted molar refractivity (Wildman–Crippen MR) is 83.0 cm³/mol. The number of nitrogens with zero attached hydrogens (tertiary/aromatic N) is 2. The van der Waals surface area contributed by atoms with Crippen LogP contribution in [0.15, 0.2) is 33.6 Å². The number of thioether (sulfide) groups is 1. The number of hydrogen-bond donors (Lipinski definition) is 1. The minimum atomic E-state index is 0.517. The lowest BCUT2D eigenvalue weighted by Crippen LogP contribution is -2.23. The van der Waals surface area contributed by atoms with Gasteiger partial charge in [0.15, 0.2) is 0 Å². The Balaban J connectivity index is 1.90. The first-order chi connectivity index (χ1) is 9.69. The molecular weight excluding hydrogens is 270 g/mol. The molecule has 4 nitrogen and oxygen atoms in total. The molecule has 0 bridgehead atoms. The van der Waals surface area contributed by atoms with E-state index in [4.69, 9.17) is 4.42 Å². The van der Waals surface area contributed by atoms with Crippen LogP contribution >= 0.6 is 11.8 Å². The summed E-state index contributed by atoms with van der Waals surface area (Å²) in [5.41, 5.74) is 0.974. The molecule has 0 spiro atoms. The number of aromatic nitrogens is 2. The zero-order valence-corrected chi connectivity index (χ0v) is 13.0. The maximum atomic E-state index is 5.69. The summed E-state index contributed by atoms with van der Waals surface area (Å²) in [6.45, 7) is 5.25. The van der Waals surface area contributed by atoms with E-state index in [1.54, 1.807) is 11.8 Å². The van der Waals surface area contributed by atoms with E-state index in [0.717, 1.165) is 24.9 Å². The summed E-state index contributed by atoms with van der Waals surface area (Å²) in [6, 6.07) is 8.68. The van der Waals surface area contributed by atoms with E-state index >= 15 is 0 Å². The summed E-state index contributed by atoms with van der Waals surface area (Å²) in [7, 11) is 0. The van der Waals surface area contributed by atoms with Gasteiger partial charge in [0.1, 0.15) is 0 Å². The summed E-state index contributed by atoms with van der Waals surface area (Å²) >= 11 is 1.72. The Hall–Kier alpha value is -1.33. The zero-order chi connectivity index (χ0) is 14.4. The lowest BCUT2D eigenvalue weighted by atomic mass is 10.2. The van der Waals surface area contributed by atoms with E-state index < -0.39 is 0 Å². The van der Waals surface area contributed by atoms with Crippen LogP contribution in [-0.4, -0.2) is 29.0 Å². The molecule has 1 aromatic heterocycles. The summed E-state index contributed by atoms with van der Waals surface area (Å²) in [4.78, 5) is 1.23. The molecule has 5 heteroatoms. The SMILES string of the molecule is CSc1ccc(-c2nnc(CCCNC(C)C)o2)cc1. The molecule has 108 valence electrons. The Bertz CT molecular complexity index is 522. The molecule has 1 aromatic carbocycles. The molecule has 0 unspecified atom stereocenters. The van der Waals surface area contributed by atoms with Crippen LogP contribution in [0, 0.1) is 0 Å². The Morgan fingerprint density at radius 2 is 1.95 bits per heavy atom. The maximum absolute atomic E-state index is 5.69. The van der Waals surface area contributed by atoms with E-state index in [1.807, 2.05) is 12.1 Å². The molecule has 0 amide bonds. The fraction of sp³-hybridized carbons (Fsp3) is 0.467. The Kier molecular flexibility index (Phi) is 5.61. The fourth-order valence-electron chi connectivity index (χ4n) is 1.84. The van der Waals surface area contributed by atoms with Crippen molar-refractivity contribution in [3.05, 3.63) is 30.2 Å². The van der Waals surface area contributed by atoms with Crippen molar-refractivity contribution in [3.63, 3.8) is 0 Å². The minimum absolute atomic E-state index is 0.517. The highest BCUT2D eigenvalue weighted by atomic mass is 32.2. The van der Waals surface area contributed by atoms with Gasteiger partial charge >= 0.3 is 0 Å². The van der Waals surface area contributed by atoms with Crippen molar-refractivity contribution in [1.29, 1.82) is 0 Å². The van der Waals surface area contributed by atoms with E-state index in [9.17, 15) is 0 Å². The van der Waals surface area contributed by atoms with Crippen LogP contribution in [0.25, 0.3) is 11.5 Å². The third kappa shape index (κ3) is 4.35. The Labute approximate surface area is 124 Å². The van der Waals surface area contributed by atoms with Crippen molar-refractivity contribution in [3.8, 4) is 11.5 Å². The summed E-state index contributed by atoms with van der Waals surface area (Å²) < 4.78 is 5.69. The Morgan fingerprint density at radius 3 is 2.60 bits per heavy atom. The molecule has 1 N–H and O–H groups in total. The van der Waals surface area contributed by atoms with E-state index in [2.05, 4.69) is 47.8 Å². The highest BCUT2D eigenvalue weighted by Crippen LogP contribution is 2.22. The van der Waals surface area contributed by atoms with Gasteiger partial charge in [-0.2, -0.15) is 0 Å². The van der Waals surface area contributed by atoms with Crippen molar-refractivity contribution in [2.24, 2.45) is 0 Å². The monoisotopic (exact) mass is 291 g/mol. The molecule has 0 aliphatic rings. The van der Waals surface area contributed by atoms with Crippen molar-refractivity contribution >= 4 is 11.8 Å². The molecule has 0 aliphatic carbocycles. The molecule has 20 heavy (non-hydrogen) atoms.